The summed E-state index contributed by atoms with van der Waals surface area (Å²) < 4.78 is 5.64. The van der Waals surface area contributed by atoms with Crippen molar-refractivity contribution >= 4 is 34.8 Å². The second-order valence-electron chi connectivity index (χ2n) is 5.00. The van der Waals surface area contributed by atoms with Crippen molar-refractivity contribution in [2.45, 2.75) is 13.2 Å². The number of hydrogen-bond donors (Lipinski definition) is 0. The smallest absolute Gasteiger partial charge is 0.177 e. The highest BCUT2D eigenvalue weighted by molar-refractivity contribution is 6.30. The van der Waals surface area contributed by atoms with Gasteiger partial charge in [-0.2, -0.15) is 0 Å². The lowest BCUT2D eigenvalue weighted by Crippen LogP contribution is -2.01. The average molecular weight is 351 g/mol. The van der Waals surface area contributed by atoms with E-state index >= 15 is 0 Å². The summed E-state index contributed by atoms with van der Waals surface area (Å²) in [5, 5.41) is 0. The number of halogens is 2. The van der Waals surface area contributed by atoms with E-state index in [1.54, 1.807) is 24.3 Å². The number of Topliss-reactive ketones (excluding diaryl/α,β-unsaturated/α-hetero) is 2. The molecule has 0 N–H and O–H groups in total. The van der Waals surface area contributed by atoms with Gasteiger partial charge in [0.25, 0.3) is 0 Å². The minimum absolute atomic E-state index is 0.0158. The van der Waals surface area contributed by atoms with Crippen LogP contribution in [0.25, 0.3) is 0 Å². The van der Waals surface area contributed by atoms with Crippen LogP contribution in [0.15, 0.2) is 48.5 Å². The Morgan fingerprint density at radius 1 is 0.696 bits per heavy atom. The summed E-state index contributed by atoms with van der Waals surface area (Å²) in [4.78, 5) is 22.9. The summed E-state index contributed by atoms with van der Waals surface area (Å²) in [6.45, 7) is 0.884. The lowest BCUT2D eigenvalue weighted by atomic mass is 10.1. The van der Waals surface area contributed by atoms with E-state index in [9.17, 15) is 9.59 Å². The molecule has 5 heteroatoms. The molecule has 0 fully saturated rings. The Morgan fingerprint density at radius 3 is 1.35 bits per heavy atom. The van der Waals surface area contributed by atoms with Crippen LogP contribution in [0.1, 0.15) is 31.8 Å². The monoisotopic (exact) mass is 350 g/mol. The molecule has 0 saturated carbocycles. The van der Waals surface area contributed by atoms with Crippen molar-refractivity contribution in [2.75, 3.05) is 11.8 Å². The van der Waals surface area contributed by atoms with E-state index < -0.39 is 0 Å². The maximum absolute atomic E-state index is 11.4. The molecule has 3 nitrogen and oxygen atoms in total. The third-order valence-corrected chi connectivity index (χ3v) is 3.82. The number of rotatable bonds is 8. The molecule has 0 heterocycles. The first-order valence-corrected chi connectivity index (χ1v) is 8.15. The summed E-state index contributed by atoms with van der Waals surface area (Å²) in [6, 6.07) is 14.4. The topological polar surface area (TPSA) is 43.4 Å². The first kappa shape index (κ1) is 17.7. The van der Waals surface area contributed by atoms with Gasteiger partial charge < -0.3 is 4.74 Å². The Morgan fingerprint density at radius 2 is 1.04 bits per heavy atom. The Labute approximate surface area is 145 Å². The standard InChI is InChI=1S/C18H16Cl2O3/c19-9-17(21)15-5-1-13(2-6-15)11-23-12-14-3-7-16(8-4-14)18(22)10-20/h1-8H,9-12H2. The van der Waals surface area contributed by atoms with Gasteiger partial charge in [-0.25, -0.2) is 0 Å². The van der Waals surface area contributed by atoms with Gasteiger partial charge in [0.15, 0.2) is 11.6 Å². The third kappa shape index (κ3) is 5.17. The van der Waals surface area contributed by atoms with Crippen LogP contribution >= 0.6 is 23.2 Å². The van der Waals surface area contributed by atoms with Crippen LogP contribution in [0.2, 0.25) is 0 Å². The second-order valence-corrected chi connectivity index (χ2v) is 5.53. The summed E-state index contributed by atoms with van der Waals surface area (Å²) in [5.41, 5.74) is 3.15. The maximum atomic E-state index is 11.4. The Kier molecular flexibility index (Phi) is 6.78. The fourth-order valence-electron chi connectivity index (χ4n) is 2.01. The van der Waals surface area contributed by atoms with E-state index in [4.69, 9.17) is 27.9 Å². The number of carbonyl (C=O) groups is 2. The van der Waals surface area contributed by atoms with Crippen LogP contribution in [0.4, 0.5) is 0 Å². The van der Waals surface area contributed by atoms with Crippen molar-refractivity contribution in [1.29, 1.82) is 0 Å². The van der Waals surface area contributed by atoms with Crippen molar-refractivity contribution in [3.8, 4) is 0 Å². The summed E-state index contributed by atoms with van der Waals surface area (Å²) in [5.74, 6) is -0.215. The number of alkyl halides is 2. The predicted octanol–water partition coefficient (Wildman–Crippen LogP) is 4.25. The van der Waals surface area contributed by atoms with Crippen LogP contribution < -0.4 is 0 Å². The van der Waals surface area contributed by atoms with E-state index in [1.165, 1.54) is 0 Å². The molecular weight excluding hydrogens is 335 g/mol. The van der Waals surface area contributed by atoms with E-state index in [1.807, 2.05) is 24.3 Å². The summed E-state index contributed by atoms with van der Waals surface area (Å²) in [7, 11) is 0. The van der Waals surface area contributed by atoms with E-state index in [-0.39, 0.29) is 23.3 Å². The minimum Gasteiger partial charge on any atom is -0.372 e. The quantitative estimate of drug-likeness (QED) is 0.528. The van der Waals surface area contributed by atoms with Gasteiger partial charge in [0.05, 0.1) is 25.0 Å². The van der Waals surface area contributed by atoms with Crippen LogP contribution in [-0.4, -0.2) is 23.3 Å². The highest BCUT2D eigenvalue weighted by atomic mass is 35.5. The molecule has 23 heavy (non-hydrogen) atoms. The molecule has 0 aliphatic rings. The van der Waals surface area contributed by atoms with Crippen molar-refractivity contribution in [1.82, 2.24) is 0 Å². The van der Waals surface area contributed by atoms with Gasteiger partial charge in [0.2, 0.25) is 0 Å². The first-order chi connectivity index (χ1) is 11.1. The van der Waals surface area contributed by atoms with Gasteiger partial charge in [-0.05, 0) is 11.1 Å². The molecule has 0 aliphatic carbocycles. The largest absolute Gasteiger partial charge is 0.372 e. The van der Waals surface area contributed by atoms with Crippen molar-refractivity contribution < 1.29 is 14.3 Å². The van der Waals surface area contributed by atoms with Gasteiger partial charge in [0, 0.05) is 11.1 Å². The van der Waals surface area contributed by atoms with Gasteiger partial charge in [-0.15, -0.1) is 23.2 Å². The fraction of sp³-hybridized carbons (Fsp3) is 0.222. The van der Waals surface area contributed by atoms with E-state index in [0.29, 0.717) is 24.3 Å². The number of hydrogen-bond acceptors (Lipinski definition) is 3. The number of ether oxygens (including phenoxy) is 1. The molecule has 2 aromatic carbocycles. The molecule has 0 bridgehead atoms. The third-order valence-electron chi connectivity index (χ3n) is 3.33. The number of ketones is 2. The highest BCUT2D eigenvalue weighted by Crippen LogP contribution is 2.11. The zero-order valence-corrected chi connectivity index (χ0v) is 13.9. The normalized spacial score (nSPS) is 10.5. The molecule has 120 valence electrons. The zero-order chi connectivity index (χ0) is 16.7. The van der Waals surface area contributed by atoms with Gasteiger partial charge in [0.1, 0.15) is 0 Å². The predicted molar refractivity (Wildman–Crippen MR) is 91.5 cm³/mol. The Balaban J connectivity index is 1.85. The Bertz CT molecular complexity index is 604. The van der Waals surface area contributed by atoms with Crippen LogP contribution in [0, 0.1) is 0 Å². The molecule has 2 aromatic rings. The zero-order valence-electron chi connectivity index (χ0n) is 12.4. The molecular formula is C18H16Cl2O3. The number of benzene rings is 2. The fourth-order valence-corrected chi connectivity index (χ4v) is 2.32. The number of carbonyl (C=O) groups excluding carboxylic acids is 2. The van der Waals surface area contributed by atoms with Crippen molar-refractivity contribution in [3.05, 3.63) is 70.8 Å². The Hall–Kier alpha value is -1.68. The van der Waals surface area contributed by atoms with Gasteiger partial charge in [-0.1, -0.05) is 48.5 Å². The SMILES string of the molecule is O=C(CCl)c1ccc(COCc2ccc(C(=O)CCl)cc2)cc1. The lowest BCUT2D eigenvalue weighted by Gasteiger charge is -2.06. The van der Waals surface area contributed by atoms with Crippen LogP contribution in [0.5, 0.6) is 0 Å². The molecule has 0 atom stereocenters. The van der Waals surface area contributed by atoms with Gasteiger partial charge in [-0.3, -0.25) is 9.59 Å². The molecule has 0 radical (unpaired) electrons. The molecule has 0 aliphatic heterocycles. The highest BCUT2D eigenvalue weighted by Gasteiger charge is 2.05. The second kappa shape index (κ2) is 8.82. The molecule has 0 aromatic heterocycles. The molecule has 0 amide bonds. The lowest BCUT2D eigenvalue weighted by molar-refractivity contribution is 0.101. The van der Waals surface area contributed by atoms with E-state index in [2.05, 4.69) is 0 Å². The summed E-state index contributed by atoms with van der Waals surface area (Å²) >= 11 is 11.0. The van der Waals surface area contributed by atoms with Crippen LogP contribution in [0.3, 0.4) is 0 Å². The molecule has 0 saturated heterocycles. The molecule has 0 unspecified atom stereocenters. The molecule has 0 spiro atoms. The van der Waals surface area contributed by atoms with Gasteiger partial charge >= 0.3 is 0 Å². The van der Waals surface area contributed by atoms with E-state index in [0.717, 1.165) is 11.1 Å². The van der Waals surface area contributed by atoms with Crippen molar-refractivity contribution in [2.24, 2.45) is 0 Å². The summed E-state index contributed by atoms with van der Waals surface area (Å²) in [6.07, 6.45) is 0. The first-order valence-electron chi connectivity index (χ1n) is 7.08. The average Bonchev–Trinajstić information content (AvgIpc) is 2.61. The minimum atomic E-state index is -0.0919. The molecule has 2 rings (SSSR count). The van der Waals surface area contributed by atoms with Crippen LogP contribution in [-0.2, 0) is 18.0 Å². The van der Waals surface area contributed by atoms with Crippen molar-refractivity contribution in [3.63, 3.8) is 0 Å². The maximum Gasteiger partial charge on any atom is 0.177 e.